The monoisotopic (exact) mass is 294 g/mol. The van der Waals surface area contributed by atoms with E-state index < -0.39 is 0 Å². The maximum Gasteiger partial charge on any atom is 0.258 e. The fraction of sp³-hybridized carbons (Fsp3) is 0.533. The van der Waals surface area contributed by atoms with E-state index in [4.69, 9.17) is 16.3 Å². The molecule has 0 bridgehead atoms. The first-order valence-corrected chi connectivity index (χ1v) is 7.47. The van der Waals surface area contributed by atoms with Crippen molar-refractivity contribution in [3.05, 3.63) is 29.3 Å². The maximum absolute atomic E-state index is 11.9. The molecule has 108 valence electrons. The maximum atomic E-state index is 11.9. The normalized spacial score (nSPS) is 28.1. The number of halogens is 1. The van der Waals surface area contributed by atoms with Crippen LogP contribution in [0.5, 0.6) is 5.75 Å². The number of benzene rings is 1. The van der Waals surface area contributed by atoms with Crippen molar-refractivity contribution >= 4 is 17.5 Å². The minimum Gasteiger partial charge on any atom is -0.484 e. The van der Waals surface area contributed by atoms with Gasteiger partial charge in [-0.1, -0.05) is 11.6 Å². The molecule has 1 saturated carbocycles. The number of carbonyl (C=O) groups excluding carboxylic acids is 1. The SMILES string of the molecule is O=C(COc1ccc(Cl)cc1)NC1C[C@H]2CNC[C@H]2C1. The molecule has 2 N–H and O–H groups in total. The van der Waals surface area contributed by atoms with Crippen molar-refractivity contribution in [2.45, 2.75) is 18.9 Å². The van der Waals surface area contributed by atoms with Crippen molar-refractivity contribution < 1.29 is 9.53 Å². The van der Waals surface area contributed by atoms with Crippen molar-refractivity contribution in [3.8, 4) is 5.75 Å². The van der Waals surface area contributed by atoms with Gasteiger partial charge in [-0.15, -0.1) is 0 Å². The molecule has 5 heteroatoms. The Kier molecular flexibility index (Phi) is 4.13. The van der Waals surface area contributed by atoms with Crippen LogP contribution in [-0.4, -0.2) is 31.6 Å². The van der Waals surface area contributed by atoms with Crippen LogP contribution in [0, 0.1) is 11.8 Å². The molecule has 1 aliphatic carbocycles. The van der Waals surface area contributed by atoms with Gasteiger partial charge in [0.15, 0.2) is 6.61 Å². The van der Waals surface area contributed by atoms with Gasteiger partial charge in [0, 0.05) is 11.1 Å². The molecule has 20 heavy (non-hydrogen) atoms. The van der Waals surface area contributed by atoms with Gasteiger partial charge in [-0.05, 0) is 62.0 Å². The molecule has 3 atom stereocenters. The highest BCUT2D eigenvalue weighted by Crippen LogP contribution is 2.34. The number of amides is 1. The first kappa shape index (κ1) is 13.7. The molecule has 1 aromatic rings. The summed E-state index contributed by atoms with van der Waals surface area (Å²) < 4.78 is 5.44. The molecule has 1 saturated heterocycles. The van der Waals surface area contributed by atoms with E-state index in [9.17, 15) is 4.79 Å². The molecule has 1 aromatic carbocycles. The third kappa shape index (κ3) is 3.25. The van der Waals surface area contributed by atoms with Crippen LogP contribution < -0.4 is 15.4 Å². The Hall–Kier alpha value is -1.26. The number of rotatable bonds is 4. The summed E-state index contributed by atoms with van der Waals surface area (Å²) in [5.74, 6) is 2.09. The van der Waals surface area contributed by atoms with E-state index in [1.807, 2.05) is 0 Å². The van der Waals surface area contributed by atoms with E-state index in [0.29, 0.717) is 16.8 Å². The predicted octanol–water partition coefficient (Wildman–Crippen LogP) is 1.83. The number of carbonyl (C=O) groups is 1. The van der Waals surface area contributed by atoms with Crippen LogP contribution in [0.1, 0.15) is 12.8 Å². The highest BCUT2D eigenvalue weighted by atomic mass is 35.5. The quantitative estimate of drug-likeness (QED) is 0.891. The van der Waals surface area contributed by atoms with Gasteiger partial charge in [0.05, 0.1) is 0 Å². The molecule has 4 nitrogen and oxygen atoms in total. The van der Waals surface area contributed by atoms with Crippen LogP contribution in [0.4, 0.5) is 0 Å². The number of nitrogens with one attached hydrogen (secondary N) is 2. The largest absolute Gasteiger partial charge is 0.484 e. The molecule has 0 radical (unpaired) electrons. The standard InChI is InChI=1S/C15H19ClN2O2/c16-12-1-3-14(4-2-12)20-9-15(19)18-13-5-10-7-17-8-11(10)6-13/h1-4,10-11,13,17H,5-9H2,(H,18,19)/t10-,11+,13?. The van der Waals surface area contributed by atoms with Crippen molar-refractivity contribution in [1.29, 1.82) is 0 Å². The van der Waals surface area contributed by atoms with Crippen LogP contribution in [0.2, 0.25) is 5.02 Å². The summed E-state index contributed by atoms with van der Waals surface area (Å²) in [4.78, 5) is 11.9. The summed E-state index contributed by atoms with van der Waals surface area (Å²) in [6.45, 7) is 2.25. The number of hydrogen-bond donors (Lipinski definition) is 2. The average Bonchev–Trinajstić information content (AvgIpc) is 2.99. The van der Waals surface area contributed by atoms with E-state index in [2.05, 4.69) is 10.6 Å². The first-order chi connectivity index (χ1) is 9.70. The average molecular weight is 295 g/mol. The zero-order valence-corrected chi connectivity index (χ0v) is 12.0. The Labute approximate surface area is 123 Å². The fourth-order valence-electron chi connectivity index (χ4n) is 3.23. The summed E-state index contributed by atoms with van der Waals surface area (Å²) in [5, 5.41) is 7.13. The highest BCUT2D eigenvalue weighted by molar-refractivity contribution is 6.30. The number of fused-ring (bicyclic) bond motifs is 1. The summed E-state index contributed by atoms with van der Waals surface area (Å²) in [5.41, 5.74) is 0. The van der Waals surface area contributed by atoms with Crippen LogP contribution in [0.25, 0.3) is 0 Å². The molecular formula is C15H19ClN2O2. The molecule has 1 amide bonds. The van der Waals surface area contributed by atoms with Gasteiger partial charge in [-0.2, -0.15) is 0 Å². The van der Waals surface area contributed by atoms with Gasteiger partial charge < -0.3 is 15.4 Å². The lowest BCUT2D eigenvalue weighted by Gasteiger charge is -2.14. The van der Waals surface area contributed by atoms with Gasteiger partial charge in [-0.3, -0.25) is 4.79 Å². The van der Waals surface area contributed by atoms with Gasteiger partial charge in [0.2, 0.25) is 0 Å². The van der Waals surface area contributed by atoms with Gasteiger partial charge in [0.25, 0.3) is 5.91 Å². The lowest BCUT2D eigenvalue weighted by Crippen LogP contribution is -2.37. The van der Waals surface area contributed by atoms with Crippen molar-refractivity contribution in [1.82, 2.24) is 10.6 Å². The summed E-state index contributed by atoms with van der Waals surface area (Å²) in [7, 11) is 0. The number of hydrogen-bond acceptors (Lipinski definition) is 3. The lowest BCUT2D eigenvalue weighted by molar-refractivity contribution is -0.123. The fourth-order valence-corrected chi connectivity index (χ4v) is 3.36. The molecule has 2 aliphatic rings. The van der Waals surface area contributed by atoms with Crippen molar-refractivity contribution in [3.63, 3.8) is 0 Å². The van der Waals surface area contributed by atoms with Crippen LogP contribution in [0.3, 0.4) is 0 Å². The minimum atomic E-state index is -0.0436. The zero-order valence-electron chi connectivity index (χ0n) is 11.3. The number of ether oxygens (including phenoxy) is 1. The van der Waals surface area contributed by atoms with Gasteiger partial charge >= 0.3 is 0 Å². The second-order valence-corrected chi connectivity index (χ2v) is 6.09. The van der Waals surface area contributed by atoms with Crippen molar-refractivity contribution in [2.24, 2.45) is 11.8 Å². The molecule has 1 heterocycles. The summed E-state index contributed by atoms with van der Waals surface area (Å²) >= 11 is 5.79. The smallest absolute Gasteiger partial charge is 0.258 e. The predicted molar refractivity (Wildman–Crippen MR) is 78.0 cm³/mol. The molecule has 2 fully saturated rings. The Balaban J connectivity index is 1.42. The lowest BCUT2D eigenvalue weighted by atomic mass is 10.0. The van der Waals surface area contributed by atoms with Gasteiger partial charge in [-0.25, -0.2) is 0 Å². The Morgan fingerprint density at radius 1 is 1.25 bits per heavy atom. The van der Waals surface area contributed by atoms with E-state index in [1.165, 1.54) is 0 Å². The van der Waals surface area contributed by atoms with E-state index in [-0.39, 0.29) is 12.5 Å². The second-order valence-electron chi connectivity index (χ2n) is 5.66. The van der Waals surface area contributed by atoms with E-state index in [1.54, 1.807) is 24.3 Å². The molecular weight excluding hydrogens is 276 g/mol. The Morgan fingerprint density at radius 2 is 1.90 bits per heavy atom. The molecule has 1 unspecified atom stereocenters. The van der Waals surface area contributed by atoms with Crippen LogP contribution in [-0.2, 0) is 4.79 Å². The van der Waals surface area contributed by atoms with Gasteiger partial charge in [0.1, 0.15) is 5.75 Å². The summed E-state index contributed by atoms with van der Waals surface area (Å²) in [6.07, 6.45) is 2.18. The van der Waals surface area contributed by atoms with Crippen molar-refractivity contribution in [2.75, 3.05) is 19.7 Å². The molecule has 0 spiro atoms. The topological polar surface area (TPSA) is 50.4 Å². The van der Waals surface area contributed by atoms with E-state index in [0.717, 1.165) is 37.8 Å². The Morgan fingerprint density at radius 3 is 2.55 bits per heavy atom. The van der Waals surface area contributed by atoms with Crippen LogP contribution in [0.15, 0.2) is 24.3 Å². The summed E-state index contributed by atoms with van der Waals surface area (Å²) in [6, 6.07) is 7.34. The molecule has 3 rings (SSSR count). The molecule has 1 aliphatic heterocycles. The first-order valence-electron chi connectivity index (χ1n) is 7.09. The second kappa shape index (κ2) is 6.02. The molecule has 0 aromatic heterocycles. The zero-order chi connectivity index (χ0) is 13.9. The third-order valence-electron chi connectivity index (χ3n) is 4.20. The highest BCUT2D eigenvalue weighted by Gasteiger charge is 2.37. The Bertz CT molecular complexity index is 465. The van der Waals surface area contributed by atoms with Crippen LogP contribution >= 0.6 is 11.6 Å². The minimum absolute atomic E-state index is 0.0436. The third-order valence-corrected chi connectivity index (χ3v) is 4.45. The van der Waals surface area contributed by atoms with E-state index >= 15 is 0 Å².